The second-order valence-corrected chi connectivity index (χ2v) is 4.62. The summed E-state index contributed by atoms with van der Waals surface area (Å²) < 4.78 is 45.6. The molecule has 1 rings (SSSR count). The number of rotatable bonds is 9. The van der Waals surface area contributed by atoms with Gasteiger partial charge in [0.1, 0.15) is 5.75 Å². The number of hydrogen-bond acceptors (Lipinski definition) is 4. The second kappa shape index (κ2) is 8.92. The average Bonchev–Trinajstić information content (AvgIpc) is 2.51. The largest absolute Gasteiger partial charge is 0.484 e. The normalized spacial score (nSPS) is 12.3. The van der Waals surface area contributed by atoms with Crippen LogP contribution in [-0.2, 0) is 9.53 Å². The fourth-order valence-electron chi connectivity index (χ4n) is 1.55. The van der Waals surface area contributed by atoms with Gasteiger partial charge in [-0.25, -0.2) is 4.79 Å². The average molecular weight is 347 g/mol. The van der Waals surface area contributed by atoms with E-state index in [1.54, 1.807) is 0 Å². The molecule has 0 spiro atoms. The van der Waals surface area contributed by atoms with Gasteiger partial charge in [-0.2, -0.15) is 13.2 Å². The molecule has 1 amide bonds. The van der Waals surface area contributed by atoms with Gasteiger partial charge in [-0.05, 0) is 24.3 Å². The van der Waals surface area contributed by atoms with Crippen LogP contribution < -0.4 is 10.1 Å². The van der Waals surface area contributed by atoms with E-state index in [4.69, 9.17) is 9.84 Å². The molecule has 0 heterocycles. The van der Waals surface area contributed by atoms with Crippen molar-refractivity contribution in [2.24, 2.45) is 0 Å². The molecule has 1 aromatic rings. The minimum Gasteiger partial charge on any atom is -0.484 e. The first-order valence-electron chi connectivity index (χ1n) is 6.75. The second-order valence-electron chi connectivity index (χ2n) is 4.62. The Morgan fingerprint density at radius 1 is 1.29 bits per heavy atom. The zero-order chi connectivity index (χ0) is 18.2. The summed E-state index contributed by atoms with van der Waals surface area (Å²) in [5.74, 6) is -2.04. The summed E-state index contributed by atoms with van der Waals surface area (Å²) in [5, 5.41) is 11.3. The molecule has 0 bridgehead atoms. The topological polar surface area (TPSA) is 84.9 Å². The number of nitrogens with one attached hydrogen (secondary N) is 1. The molecule has 0 saturated carbocycles. The maximum atomic E-state index is 12.0. The van der Waals surface area contributed by atoms with Gasteiger partial charge in [-0.15, -0.1) is 6.58 Å². The van der Waals surface area contributed by atoms with E-state index >= 15 is 0 Å². The van der Waals surface area contributed by atoms with Crippen molar-refractivity contribution >= 4 is 11.9 Å². The van der Waals surface area contributed by atoms with Crippen LogP contribution in [0.5, 0.6) is 5.75 Å². The number of benzene rings is 1. The maximum absolute atomic E-state index is 12.0. The summed E-state index contributed by atoms with van der Waals surface area (Å²) in [5.41, 5.74) is 0.0735. The Bertz CT molecular complexity index is 571. The molecule has 0 aliphatic rings. The minimum atomic E-state index is -4.46. The number of aliphatic carboxylic acids is 1. The van der Waals surface area contributed by atoms with Gasteiger partial charge in [-0.1, -0.05) is 6.08 Å². The molecule has 0 radical (unpaired) electrons. The summed E-state index contributed by atoms with van der Waals surface area (Å²) in [6.07, 6.45) is -3.03. The molecule has 6 nitrogen and oxygen atoms in total. The van der Waals surface area contributed by atoms with Gasteiger partial charge in [0.25, 0.3) is 5.91 Å². The Kier molecular flexibility index (Phi) is 7.25. The molecule has 0 aliphatic heterocycles. The van der Waals surface area contributed by atoms with Gasteiger partial charge >= 0.3 is 12.1 Å². The number of hydrogen-bond donors (Lipinski definition) is 2. The lowest BCUT2D eigenvalue weighted by Crippen LogP contribution is -2.44. The van der Waals surface area contributed by atoms with Crippen molar-refractivity contribution in [1.29, 1.82) is 0 Å². The van der Waals surface area contributed by atoms with Crippen molar-refractivity contribution in [2.75, 3.05) is 19.8 Å². The Morgan fingerprint density at radius 3 is 2.42 bits per heavy atom. The summed E-state index contributed by atoms with van der Waals surface area (Å²) >= 11 is 0. The monoisotopic (exact) mass is 347 g/mol. The Morgan fingerprint density at radius 2 is 1.92 bits per heavy atom. The Balaban J connectivity index is 2.62. The first-order valence-corrected chi connectivity index (χ1v) is 6.75. The summed E-state index contributed by atoms with van der Waals surface area (Å²) in [4.78, 5) is 23.0. The van der Waals surface area contributed by atoms with Crippen LogP contribution in [0.2, 0.25) is 0 Å². The van der Waals surface area contributed by atoms with Crippen LogP contribution in [-0.4, -0.2) is 49.0 Å². The first kappa shape index (κ1) is 19.5. The van der Waals surface area contributed by atoms with Crippen LogP contribution in [0.25, 0.3) is 0 Å². The Labute approximate surface area is 135 Å². The van der Waals surface area contributed by atoms with Gasteiger partial charge in [0.15, 0.2) is 12.6 Å². The number of alkyl halides is 3. The van der Waals surface area contributed by atoms with Crippen LogP contribution in [0.1, 0.15) is 10.4 Å². The lowest BCUT2D eigenvalue weighted by atomic mass is 10.2. The zero-order valence-corrected chi connectivity index (χ0v) is 12.5. The first-order chi connectivity index (χ1) is 11.2. The highest BCUT2D eigenvalue weighted by Crippen LogP contribution is 2.18. The molecular weight excluding hydrogens is 331 g/mol. The number of amides is 1. The highest BCUT2D eigenvalue weighted by atomic mass is 19.4. The van der Waals surface area contributed by atoms with E-state index in [1.165, 1.54) is 30.3 Å². The van der Waals surface area contributed by atoms with E-state index in [2.05, 4.69) is 16.6 Å². The van der Waals surface area contributed by atoms with Gasteiger partial charge in [0.2, 0.25) is 0 Å². The molecule has 1 atom stereocenters. The number of carboxylic acids is 1. The molecular formula is C15H16F3NO5. The van der Waals surface area contributed by atoms with Gasteiger partial charge in [0.05, 0.1) is 13.2 Å². The van der Waals surface area contributed by atoms with Crippen LogP contribution in [0.15, 0.2) is 36.9 Å². The predicted octanol–water partition coefficient (Wildman–Crippen LogP) is 2.01. The number of halogens is 3. The van der Waals surface area contributed by atoms with Gasteiger partial charge in [-0.3, -0.25) is 4.79 Å². The maximum Gasteiger partial charge on any atom is 0.422 e. The highest BCUT2D eigenvalue weighted by Gasteiger charge is 2.28. The van der Waals surface area contributed by atoms with E-state index in [0.717, 1.165) is 0 Å². The molecule has 9 heteroatoms. The minimum absolute atomic E-state index is 0.0621. The molecule has 132 valence electrons. The number of ether oxygens (including phenoxy) is 2. The van der Waals surface area contributed by atoms with E-state index in [0.29, 0.717) is 0 Å². The standard InChI is InChI=1S/C15H16F3NO5/c1-2-7-23-8-12(14(21)22)19-13(20)10-3-5-11(6-4-10)24-9-15(16,17)18/h2-6,12H,1,7-9H2,(H,19,20)(H,21,22). The number of carbonyl (C=O) groups excluding carboxylic acids is 1. The van der Waals surface area contributed by atoms with Crippen molar-refractivity contribution in [3.63, 3.8) is 0 Å². The summed E-state index contributed by atoms with van der Waals surface area (Å²) in [7, 11) is 0. The fourth-order valence-corrected chi connectivity index (χ4v) is 1.55. The van der Waals surface area contributed by atoms with Crippen LogP contribution in [0, 0.1) is 0 Å². The van der Waals surface area contributed by atoms with Crippen LogP contribution >= 0.6 is 0 Å². The van der Waals surface area contributed by atoms with E-state index in [-0.39, 0.29) is 24.5 Å². The Hall–Kier alpha value is -2.55. The molecule has 0 saturated heterocycles. The molecule has 0 aliphatic carbocycles. The summed E-state index contributed by atoms with van der Waals surface area (Å²) in [6, 6.07) is 3.56. The van der Waals surface area contributed by atoms with Crippen LogP contribution in [0.3, 0.4) is 0 Å². The zero-order valence-electron chi connectivity index (χ0n) is 12.5. The van der Waals surface area contributed by atoms with Crippen molar-refractivity contribution in [3.8, 4) is 5.75 Å². The van der Waals surface area contributed by atoms with Crippen molar-refractivity contribution in [2.45, 2.75) is 12.2 Å². The molecule has 2 N–H and O–H groups in total. The van der Waals surface area contributed by atoms with E-state index in [1.807, 2.05) is 0 Å². The SMILES string of the molecule is C=CCOCC(NC(=O)c1ccc(OCC(F)(F)F)cc1)C(=O)O. The summed E-state index contributed by atoms with van der Waals surface area (Å²) in [6.45, 7) is 1.84. The highest BCUT2D eigenvalue weighted by molar-refractivity contribution is 5.96. The third kappa shape index (κ3) is 7.14. The van der Waals surface area contributed by atoms with Gasteiger partial charge in [0, 0.05) is 5.56 Å². The quantitative estimate of drug-likeness (QED) is 0.527. The van der Waals surface area contributed by atoms with Crippen LogP contribution in [0.4, 0.5) is 13.2 Å². The lowest BCUT2D eigenvalue weighted by molar-refractivity contribution is -0.153. The molecule has 0 fully saturated rings. The predicted molar refractivity (Wildman–Crippen MR) is 77.9 cm³/mol. The number of carboxylic acid groups (broad SMARTS) is 1. The third-order valence-corrected chi connectivity index (χ3v) is 2.64. The van der Waals surface area contributed by atoms with E-state index < -0.39 is 30.7 Å². The molecule has 24 heavy (non-hydrogen) atoms. The molecule has 1 aromatic carbocycles. The molecule has 0 aromatic heterocycles. The van der Waals surface area contributed by atoms with Crippen molar-refractivity contribution < 1.29 is 37.3 Å². The molecule has 1 unspecified atom stereocenters. The smallest absolute Gasteiger partial charge is 0.422 e. The van der Waals surface area contributed by atoms with Crippen molar-refractivity contribution in [3.05, 3.63) is 42.5 Å². The lowest BCUT2D eigenvalue weighted by Gasteiger charge is -2.14. The third-order valence-electron chi connectivity index (χ3n) is 2.64. The van der Waals surface area contributed by atoms with Crippen molar-refractivity contribution in [1.82, 2.24) is 5.32 Å². The van der Waals surface area contributed by atoms with E-state index in [9.17, 15) is 22.8 Å². The number of carbonyl (C=O) groups is 2. The van der Waals surface area contributed by atoms with Gasteiger partial charge < -0.3 is 19.9 Å². The fraction of sp³-hybridized carbons (Fsp3) is 0.333.